The van der Waals surface area contributed by atoms with E-state index in [1.165, 1.54) is 0 Å². The van der Waals surface area contributed by atoms with Crippen LogP contribution in [-0.4, -0.2) is 52.8 Å². The summed E-state index contributed by atoms with van der Waals surface area (Å²) in [5.74, 6) is 0.0802. The van der Waals surface area contributed by atoms with Gasteiger partial charge in [-0.2, -0.15) is 5.10 Å². The molecular formula is C18H25ClN6O2. The predicted octanol–water partition coefficient (Wildman–Crippen LogP) is 1.10. The van der Waals surface area contributed by atoms with Crippen LogP contribution in [0.3, 0.4) is 0 Å². The number of aromatic nitrogens is 3. The Hall–Kier alpha value is -2.19. The fraction of sp³-hybridized carbons (Fsp3) is 0.556. The van der Waals surface area contributed by atoms with Gasteiger partial charge >= 0.3 is 0 Å². The molecule has 0 radical (unpaired) electrons. The molecule has 2 N–H and O–H groups in total. The van der Waals surface area contributed by atoms with Gasteiger partial charge in [0.05, 0.1) is 17.1 Å². The van der Waals surface area contributed by atoms with Gasteiger partial charge in [0.1, 0.15) is 5.82 Å². The number of rotatable bonds is 3. The van der Waals surface area contributed by atoms with Gasteiger partial charge in [-0.25, -0.2) is 4.98 Å². The van der Waals surface area contributed by atoms with Crippen LogP contribution < -0.4 is 15.5 Å². The Morgan fingerprint density at radius 1 is 1.22 bits per heavy atom. The molecule has 146 valence electrons. The molecule has 27 heavy (non-hydrogen) atoms. The van der Waals surface area contributed by atoms with Crippen LogP contribution in [0, 0.1) is 0 Å². The van der Waals surface area contributed by atoms with Crippen molar-refractivity contribution < 1.29 is 9.59 Å². The zero-order valence-electron chi connectivity index (χ0n) is 15.6. The first kappa shape index (κ1) is 19.6. The van der Waals surface area contributed by atoms with Crippen LogP contribution >= 0.6 is 12.4 Å². The van der Waals surface area contributed by atoms with E-state index in [4.69, 9.17) is 0 Å². The van der Waals surface area contributed by atoms with Gasteiger partial charge in [0.2, 0.25) is 11.8 Å². The highest BCUT2D eigenvalue weighted by Crippen LogP contribution is 2.31. The lowest BCUT2D eigenvalue weighted by Crippen LogP contribution is -2.41. The normalized spacial score (nSPS) is 21.3. The Morgan fingerprint density at radius 3 is 2.63 bits per heavy atom. The first-order valence-corrected chi connectivity index (χ1v) is 9.15. The van der Waals surface area contributed by atoms with Crippen molar-refractivity contribution in [2.45, 2.75) is 37.6 Å². The van der Waals surface area contributed by atoms with Crippen molar-refractivity contribution in [3.63, 3.8) is 0 Å². The quantitative estimate of drug-likeness (QED) is 0.760. The minimum Gasteiger partial charge on any atom is -0.356 e. The van der Waals surface area contributed by atoms with Crippen LogP contribution in [0.5, 0.6) is 0 Å². The fourth-order valence-electron chi connectivity index (χ4n) is 3.95. The van der Waals surface area contributed by atoms with Crippen molar-refractivity contribution in [3.05, 3.63) is 18.0 Å². The van der Waals surface area contributed by atoms with E-state index in [2.05, 4.69) is 31.7 Å². The molecule has 2 saturated heterocycles. The average Bonchev–Trinajstić information content (AvgIpc) is 2.98. The lowest BCUT2D eigenvalue weighted by Gasteiger charge is -2.32. The predicted molar refractivity (Wildman–Crippen MR) is 105 cm³/mol. The molecule has 2 aliphatic heterocycles. The van der Waals surface area contributed by atoms with Gasteiger partial charge in [0, 0.05) is 50.2 Å². The third-order valence-corrected chi connectivity index (χ3v) is 5.55. The van der Waals surface area contributed by atoms with Gasteiger partial charge in [-0.15, -0.1) is 12.4 Å². The second kappa shape index (κ2) is 7.82. The number of anilines is 1. The summed E-state index contributed by atoms with van der Waals surface area (Å²) < 4.78 is 1.81. The van der Waals surface area contributed by atoms with E-state index >= 15 is 0 Å². The number of nitrogens with one attached hydrogen (secondary N) is 2. The second-order valence-electron chi connectivity index (χ2n) is 7.12. The number of pyridine rings is 1. The molecule has 8 nitrogen and oxygen atoms in total. The third-order valence-electron chi connectivity index (χ3n) is 5.55. The summed E-state index contributed by atoms with van der Waals surface area (Å²) in [7, 11) is 3.89. The summed E-state index contributed by atoms with van der Waals surface area (Å²) in [5, 5.41) is 11.2. The van der Waals surface area contributed by atoms with Crippen LogP contribution in [0.4, 0.5) is 5.82 Å². The van der Waals surface area contributed by atoms with Crippen molar-refractivity contribution in [1.82, 2.24) is 25.4 Å². The summed E-state index contributed by atoms with van der Waals surface area (Å²) in [4.78, 5) is 30.6. The van der Waals surface area contributed by atoms with Gasteiger partial charge < -0.3 is 10.2 Å². The number of amides is 2. The topological polar surface area (TPSA) is 92.2 Å². The van der Waals surface area contributed by atoms with Gasteiger partial charge in [-0.3, -0.25) is 19.6 Å². The average molecular weight is 393 g/mol. The Balaban J connectivity index is 0.00000210. The number of carbonyl (C=O) groups is 2. The Kier molecular flexibility index (Phi) is 5.67. The molecule has 0 aromatic carbocycles. The molecule has 2 fully saturated rings. The molecule has 1 atom stereocenters. The summed E-state index contributed by atoms with van der Waals surface area (Å²) in [5.41, 5.74) is 1.67. The van der Waals surface area contributed by atoms with Crippen molar-refractivity contribution in [2.75, 3.05) is 25.0 Å². The summed E-state index contributed by atoms with van der Waals surface area (Å²) in [6.07, 6.45) is 4.86. The molecule has 2 amide bonds. The standard InChI is InChI=1S/C18H24N6O2.ClH/c1-19-11-5-7-24(8-6-11)15-9-14-13(10-20-15)17(22-23(14)2)12-3-4-16(25)21-18(12)26;/h9-12,19H,3-8H2,1-2H3,(H,21,25,26);1H. The van der Waals surface area contributed by atoms with E-state index in [9.17, 15) is 9.59 Å². The van der Waals surface area contributed by atoms with E-state index in [1.54, 1.807) is 4.68 Å². The van der Waals surface area contributed by atoms with Crippen LogP contribution in [-0.2, 0) is 16.6 Å². The summed E-state index contributed by atoms with van der Waals surface area (Å²) >= 11 is 0. The lowest BCUT2D eigenvalue weighted by atomic mass is 9.93. The maximum atomic E-state index is 12.2. The van der Waals surface area contributed by atoms with Crippen LogP contribution in [0.2, 0.25) is 0 Å². The minimum atomic E-state index is -0.393. The number of halogens is 1. The molecule has 2 aliphatic rings. The van der Waals surface area contributed by atoms with E-state index < -0.39 is 5.92 Å². The van der Waals surface area contributed by atoms with Gasteiger partial charge in [-0.1, -0.05) is 0 Å². The zero-order chi connectivity index (χ0) is 18.3. The maximum absolute atomic E-state index is 12.2. The number of imide groups is 1. The number of fused-ring (bicyclic) bond motifs is 1. The molecular weight excluding hydrogens is 368 g/mol. The Labute approximate surface area is 164 Å². The van der Waals surface area contributed by atoms with Crippen LogP contribution in [0.25, 0.3) is 10.9 Å². The van der Waals surface area contributed by atoms with Gasteiger partial charge in [-0.05, 0) is 26.3 Å². The van der Waals surface area contributed by atoms with E-state index in [1.807, 2.05) is 20.3 Å². The Morgan fingerprint density at radius 2 is 1.96 bits per heavy atom. The molecule has 1 unspecified atom stereocenters. The molecule has 0 spiro atoms. The largest absolute Gasteiger partial charge is 0.356 e. The van der Waals surface area contributed by atoms with Crippen LogP contribution in [0.15, 0.2) is 12.3 Å². The van der Waals surface area contributed by atoms with E-state index in [0.717, 1.165) is 42.7 Å². The zero-order valence-corrected chi connectivity index (χ0v) is 16.4. The molecule has 2 aromatic heterocycles. The molecule has 0 bridgehead atoms. The molecule has 9 heteroatoms. The summed E-state index contributed by atoms with van der Waals surface area (Å²) in [6.45, 7) is 1.95. The third kappa shape index (κ3) is 3.64. The highest BCUT2D eigenvalue weighted by Gasteiger charge is 2.32. The molecule has 4 rings (SSSR count). The number of nitrogens with zero attached hydrogens (tertiary/aromatic N) is 4. The number of piperidine rings is 2. The molecule has 0 saturated carbocycles. The lowest BCUT2D eigenvalue weighted by molar-refractivity contribution is -0.134. The van der Waals surface area contributed by atoms with Crippen molar-refractivity contribution in [2.24, 2.45) is 7.05 Å². The van der Waals surface area contributed by atoms with Crippen molar-refractivity contribution in [3.8, 4) is 0 Å². The SMILES string of the molecule is CNC1CCN(c2cc3c(cn2)c(C2CCC(=O)NC2=O)nn3C)CC1.Cl. The minimum absolute atomic E-state index is 0. The number of carbonyl (C=O) groups excluding carboxylic acids is 2. The molecule has 4 heterocycles. The smallest absolute Gasteiger partial charge is 0.235 e. The van der Waals surface area contributed by atoms with E-state index in [0.29, 0.717) is 24.6 Å². The van der Waals surface area contributed by atoms with Crippen molar-refractivity contribution in [1.29, 1.82) is 0 Å². The highest BCUT2D eigenvalue weighted by molar-refractivity contribution is 6.02. The first-order valence-electron chi connectivity index (χ1n) is 9.15. The second-order valence-corrected chi connectivity index (χ2v) is 7.12. The van der Waals surface area contributed by atoms with Crippen LogP contribution in [0.1, 0.15) is 37.3 Å². The number of hydrogen-bond donors (Lipinski definition) is 2. The van der Waals surface area contributed by atoms with Gasteiger partial charge in [0.25, 0.3) is 0 Å². The Bertz CT molecular complexity index is 859. The highest BCUT2D eigenvalue weighted by atomic mass is 35.5. The maximum Gasteiger partial charge on any atom is 0.235 e. The van der Waals surface area contributed by atoms with Gasteiger partial charge in [0.15, 0.2) is 0 Å². The fourth-order valence-corrected chi connectivity index (χ4v) is 3.95. The summed E-state index contributed by atoms with van der Waals surface area (Å²) in [6, 6.07) is 2.63. The molecule has 0 aliphatic carbocycles. The van der Waals surface area contributed by atoms with E-state index in [-0.39, 0.29) is 24.2 Å². The number of hydrogen-bond acceptors (Lipinski definition) is 6. The number of aryl methyl sites for hydroxylation is 1. The monoisotopic (exact) mass is 392 g/mol. The molecule has 2 aromatic rings. The van der Waals surface area contributed by atoms with Crippen molar-refractivity contribution >= 4 is 40.9 Å². The first-order chi connectivity index (χ1) is 12.6.